The predicted octanol–water partition coefficient (Wildman–Crippen LogP) is 0.866. The highest BCUT2D eigenvalue weighted by molar-refractivity contribution is 5.87. The summed E-state index contributed by atoms with van der Waals surface area (Å²) in [6, 6.07) is 6.01. The van der Waals surface area contributed by atoms with E-state index in [9.17, 15) is 14.4 Å². The van der Waals surface area contributed by atoms with Crippen LogP contribution in [0.5, 0.6) is 0 Å². The molecule has 0 heterocycles. The van der Waals surface area contributed by atoms with Crippen LogP contribution < -0.4 is 0 Å². The number of hydrogen-bond acceptors (Lipinski definition) is 4. The number of amides is 1. The van der Waals surface area contributed by atoms with Crippen LogP contribution in [0.4, 0.5) is 0 Å². The molecule has 0 aliphatic heterocycles. The van der Waals surface area contributed by atoms with Gasteiger partial charge in [-0.15, -0.1) is 0 Å². The lowest BCUT2D eigenvalue weighted by Gasteiger charge is -2.15. The maximum absolute atomic E-state index is 11.1. The monoisotopic (exact) mass is 281 g/mol. The van der Waals surface area contributed by atoms with E-state index >= 15 is 0 Å². The Kier molecular flexibility index (Phi) is 5.67. The zero-order chi connectivity index (χ0) is 15.1. The van der Waals surface area contributed by atoms with Gasteiger partial charge in [0.05, 0.1) is 11.5 Å². The second kappa shape index (κ2) is 7.25. The Balaban J connectivity index is 2.75. The summed E-state index contributed by atoms with van der Waals surface area (Å²) in [5.41, 5.74) is 0.663. The van der Waals surface area contributed by atoms with E-state index in [0.29, 0.717) is 10.6 Å². The van der Waals surface area contributed by atoms with E-state index in [1.54, 1.807) is 12.1 Å². The van der Waals surface area contributed by atoms with Gasteiger partial charge < -0.3 is 10.2 Å². The number of hydrogen-bond donors (Lipinski definition) is 3. The highest BCUT2D eigenvalue weighted by atomic mass is 16.5. The third-order valence-electron chi connectivity index (χ3n) is 2.83. The molecule has 1 aromatic rings. The summed E-state index contributed by atoms with van der Waals surface area (Å²) >= 11 is 0. The zero-order valence-corrected chi connectivity index (χ0v) is 10.6. The quantitative estimate of drug-likeness (QED) is 0.370. The third-order valence-corrected chi connectivity index (χ3v) is 2.83. The Morgan fingerprint density at radius 3 is 2.55 bits per heavy atom. The molecule has 108 valence electrons. The van der Waals surface area contributed by atoms with Gasteiger partial charge in [-0.3, -0.25) is 14.8 Å². The summed E-state index contributed by atoms with van der Waals surface area (Å²) in [4.78, 5) is 32.2. The number of aromatic carboxylic acids is 1. The van der Waals surface area contributed by atoms with Crippen LogP contribution >= 0.6 is 0 Å². The van der Waals surface area contributed by atoms with Crippen LogP contribution in [-0.2, 0) is 16.0 Å². The van der Waals surface area contributed by atoms with Gasteiger partial charge in [0.1, 0.15) is 0 Å². The molecule has 0 saturated heterocycles. The Morgan fingerprint density at radius 2 is 2.00 bits per heavy atom. The average molecular weight is 281 g/mol. The minimum Gasteiger partial charge on any atom is -0.481 e. The second-order valence-corrected chi connectivity index (χ2v) is 4.30. The number of hydroxylamine groups is 2. The molecular weight excluding hydrogens is 266 g/mol. The SMILES string of the molecule is O=CN(O)CCC(Cc1cccc(C(=O)O)c1)C(=O)O. The molecule has 0 fully saturated rings. The summed E-state index contributed by atoms with van der Waals surface area (Å²) in [7, 11) is 0. The van der Waals surface area contributed by atoms with Gasteiger partial charge in [0.15, 0.2) is 0 Å². The van der Waals surface area contributed by atoms with Crippen molar-refractivity contribution in [2.45, 2.75) is 12.8 Å². The van der Waals surface area contributed by atoms with Crippen molar-refractivity contribution in [1.82, 2.24) is 5.06 Å². The molecule has 7 nitrogen and oxygen atoms in total. The van der Waals surface area contributed by atoms with E-state index in [-0.39, 0.29) is 31.4 Å². The Hall–Kier alpha value is -2.41. The van der Waals surface area contributed by atoms with Gasteiger partial charge >= 0.3 is 11.9 Å². The molecule has 1 atom stereocenters. The molecule has 7 heteroatoms. The predicted molar refractivity (Wildman–Crippen MR) is 67.4 cm³/mol. The van der Waals surface area contributed by atoms with Gasteiger partial charge in [0.2, 0.25) is 6.41 Å². The van der Waals surface area contributed by atoms with Crippen molar-refractivity contribution in [2.75, 3.05) is 6.54 Å². The van der Waals surface area contributed by atoms with Crippen LogP contribution in [0.2, 0.25) is 0 Å². The molecule has 3 N–H and O–H groups in total. The Morgan fingerprint density at radius 1 is 1.30 bits per heavy atom. The molecule has 20 heavy (non-hydrogen) atoms. The summed E-state index contributed by atoms with van der Waals surface area (Å²) in [6.07, 6.45) is 0.398. The van der Waals surface area contributed by atoms with Crippen LogP contribution in [0.3, 0.4) is 0 Å². The first-order valence-corrected chi connectivity index (χ1v) is 5.90. The fourth-order valence-electron chi connectivity index (χ4n) is 1.77. The summed E-state index contributed by atoms with van der Waals surface area (Å²) in [5.74, 6) is -2.96. The molecule has 0 saturated carbocycles. The fraction of sp³-hybridized carbons (Fsp3) is 0.308. The van der Waals surface area contributed by atoms with E-state index < -0.39 is 17.9 Å². The standard InChI is InChI=1S/C13H15NO6/c15-8-14(20)5-4-11(13(18)19)7-9-2-1-3-10(6-9)12(16)17/h1-3,6,8,11,20H,4-5,7H2,(H,16,17)(H,18,19). The average Bonchev–Trinajstić information content (AvgIpc) is 2.42. The first-order valence-electron chi connectivity index (χ1n) is 5.90. The smallest absolute Gasteiger partial charge is 0.335 e. The summed E-state index contributed by atoms with van der Waals surface area (Å²) < 4.78 is 0. The zero-order valence-electron chi connectivity index (χ0n) is 10.6. The number of carbonyl (C=O) groups is 3. The minimum absolute atomic E-state index is 0.0713. The number of aliphatic carboxylic acids is 1. The highest BCUT2D eigenvalue weighted by Gasteiger charge is 2.19. The molecule has 0 radical (unpaired) electrons. The third kappa shape index (κ3) is 4.69. The number of nitrogens with zero attached hydrogens (tertiary/aromatic N) is 1. The number of carbonyl (C=O) groups excluding carboxylic acids is 1. The van der Waals surface area contributed by atoms with Gasteiger partial charge in [0.25, 0.3) is 0 Å². The van der Waals surface area contributed by atoms with Crippen molar-refractivity contribution in [3.63, 3.8) is 0 Å². The molecule has 1 aromatic carbocycles. The van der Waals surface area contributed by atoms with E-state index in [1.165, 1.54) is 12.1 Å². The number of rotatable bonds is 8. The lowest BCUT2D eigenvalue weighted by Crippen LogP contribution is -2.25. The molecule has 1 amide bonds. The van der Waals surface area contributed by atoms with Gasteiger partial charge in [-0.2, -0.15) is 0 Å². The molecule has 0 aromatic heterocycles. The number of carboxylic acid groups (broad SMARTS) is 2. The van der Waals surface area contributed by atoms with Crippen molar-refractivity contribution in [3.05, 3.63) is 35.4 Å². The van der Waals surface area contributed by atoms with Crippen LogP contribution in [0.25, 0.3) is 0 Å². The van der Waals surface area contributed by atoms with Gasteiger partial charge in [-0.25, -0.2) is 9.86 Å². The maximum atomic E-state index is 11.1. The van der Waals surface area contributed by atoms with E-state index in [4.69, 9.17) is 15.4 Å². The minimum atomic E-state index is -1.08. The molecule has 1 unspecified atom stereocenters. The Bertz CT molecular complexity index is 501. The topological polar surface area (TPSA) is 115 Å². The van der Waals surface area contributed by atoms with Gasteiger partial charge in [-0.05, 0) is 30.5 Å². The van der Waals surface area contributed by atoms with Crippen molar-refractivity contribution in [3.8, 4) is 0 Å². The normalized spacial score (nSPS) is 11.7. The van der Waals surface area contributed by atoms with Crippen LogP contribution in [0.1, 0.15) is 22.3 Å². The van der Waals surface area contributed by atoms with E-state index in [0.717, 1.165) is 0 Å². The summed E-state index contributed by atoms with van der Waals surface area (Å²) in [5, 5.41) is 27.3. The second-order valence-electron chi connectivity index (χ2n) is 4.30. The fourth-order valence-corrected chi connectivity index (χ4v) is 1.77. The maximum Gasteiger partial charge on any atom is 0.335 e. The molecule has 0 spiro atoms. The van der Waals surface area contributed by atoms with Crippen molar-refractivity contribution >= 4 is 18.3 Å². The van der Waals surface area contributed by atoms with Crippen LogP contribution in [-0.4, -0.2) is 45.4 Å². The molecular formula is C13H15NO6. The largest absolute Gasteiger partial charge is 0.481 e. The molecule has 0 aliphatic rings. The van der Waals surface area contributed by atoms with Crippen molar-refractivity contribution < 1.29 is 29.8 Å². The Labute approximate surface area is 115 Å². The van der Waals surface area contributed by atoms with Crippen molar-refractivity contribution in [1.29, 1.82) is 0 Å². The van der Waals surface area contributed by atoms with Crippen LogP contribution in [0, 0.1) is 5.92 Å². The van der Waals surface area contributed by atoms with Gasteiger partial charge in [-0.1, -0.05) is 12.1 Å². The summed E-state index contributed by atoms with van der Waals surface area (Å²) in [6.45, 7) is -0.0981. The number of benzene rings is 1. The number of carboxylic acids is 2. The lowest BCUT2D eigenvalue weighted by atomic mass is 9.95. The molecule has 1 rings (SSSR count). The van der Waals surface area contributed by atoms with Crippen LogP contribution in [0.15, 0.2) is 24.3 Å². The van der Waals surface area contributed by atoms with E-state index in [2.05, 4.69) is 0 Å². The van der Waals surface area contributed by atoms with E-state index in [1.807, 2.05) is 0 Å². The lowest BCUT2D eigenvalue weighted by molar-refractivity contribution is -0.153. The molecule has 0 bridgehead atoms. The first kappa shape index (κ1) is 15.6. The first-order chi connectivity index (χ1) is 9.43. The van der Waals surface area contributed by atoms with Gasteiger partial charge in [0, 0.05) is 6.54 Å². The highest BCUT2D eigenvalue weighted by Crippen LogP contribution is 2.15. The molecule has 0 aliphatic carbocycles. The van der Waals surface area contributed by atoms with Crippen molar-refractivity contribution in [2.24, 2.45) is 5.92 Å².